The van der Waals surface area contributed by atoms with Crippen LogP contribution in [0.3, 0.4) is 0 Å². The molecule has 1 aliphatic heterocycles. The molecule has 2 aliphatic rings. The van der Waals surface area contributed by atoms with E-state index in [9.17, 15) is 9.50 Å². The van der Waals surface area contributed by atoms with E-state index in [0.29, 0.717) is 23.3 Å². The third kappa shape index (κ3) is 3.59. The summed E-state index contributed by atoms with van der Waals surface area (Å²) < 4.78 is 19.0. The Morgan fingerprint density at radius 1 is 1.23 bits per heavy atom. The minimum Gasteiger partial charge on any atom is -0.488 e. The van der Waals surface area contributed by atoms with Gasteiger partial charge in [-0.05, 0) is 60.6 Å². The van der Waals surface area contributed by atoms with Gasteiger partial charge in [0.15, 0.2) is 0 Å². The Kier molecular flexibility index (Phi) is 4.66. The number of nitriles is 1. The quantitative estimate of drug-likeness (QED) is 0.884. The topological polar surface area (TPSA) is 72.3 Å². The lowest BCUT2D eigenvalue weighted by molar-refractivity contribution is -0.0231. The summed E-state index contributed by atoms with van der Waals surface area (Å²) >= 11 is 0. The van der Waals surface area contributed by atoms with Gasteiger partial charge >= 0.3 is 0 Å². The minimum atomic E-state index is -0.501. The highest BCUT2D eigenvalue weighted by atomic mass is 19.1. The largest absolute Gasteiger partial charge is 0.488 e. The maximum absolute atomic E-state index is 13.0. The van der Waals surface area contributed by atoms with Crippen molar-refractivity contribution in [2.24, 2.45) is 11.8 Å². The number of nitrogens with one attached hydrogen (secondary N) is 1. The van der Waals surface area contributed by atoms with Gasteiger partial charge in [0.1, 0.15) is 29.4 Å². The van der Waals surface area contributed by atoms with Crippen LogP contribution in [0.2, 0.25) is 0 Å². The van der Waals surface area contributed by atoms with Crippen molar-refractivity contribution in [3.63, 3.8) is 0 Å². The van der Waals surface area contributed by atoms with Crippen LogP contribution in [0.25, 0.3) is 0 Å². The zero-order chi connectivity index (χ0) is 18.1. The van der Waals surface area contributed by atoms with E-state index in [0.717, 1.165) is 38.0 Å². The maximum atomic E-state index is 13.0. The predicted molar refractivity (Wildman–Crippen MR) is 93.8 cm³/mol. The molecular formula is C20H22FN3O2. The lowest BCUT2D eigenvalue weighted by atomic mass is 9.78. The van der Waals surface area contributed by atoms with Crippen molar-refractivity contribution in [3.05, 3.63) is 53.6 Å². The summed E-state index contributed by atoms with van der Waals surface area (Å²) in [6, 6.07) is 9.95. The van der Waals surface area contributed by atoms with Gasteiger partial charge in [0.2, 0.25) is 0 Å². The molecule has 2 aromatic rings. The number of hydrogen-bond acceptors (Lipinski definition) is 4. The monoisotopic (exact) mass is 355 g/mol. The minimum absolute atomic E-state index is 0.251. The number of aromatic nitrogens is 1. The first kappa shape index (κ1) is 17.1. The average molecular weight is 355 g/mol. The van der Waals surface area contributed by atoms with Gasteiger partial charge in [0.05, 0.1) is 6.10 Å². The summed E-state index contributed by atoms with van der Waals surface area (Å²) in [5.74, 6) is 1.25. The number of aliphatic hydroxyl groups excluding tert-OH is 1. The number of ether oxygens (including phenoxy) is 1. The zero-order valence-corrected chi connectivity index (χ0v) is 14.4. The highest BCUT2D eigenvalue weighted by Crippen LogP contribution is 2.38. The van der Waals surface area contributed by atoms with Crippen LogP contribution < -0.4 is 4.74 Å². The van der Waals surface area contributed by atoms with Crippen molar-refractivity contribution < 1.29 is 14.2 Å². The Hall–Kier alpha value is -2.36. The Morgan fingerprint density at radius 2 is 1.96 bits per heavy atom. The molecule has 4 rings (SSSR count). The molecule has 2 fully saturated rings. The van der Waals surface area contributed by atoms with Crippen LogP contribution in [0.4, 0.5) is 4.39 Å². The Morgan fingerprint density at radius 3 is 2.65 bits per heavy atom. The van der Waals surface area contributed by atoms with Crippen molar-refractivity contribution in [2.75, 3.05) is 13.1 Å². The third-order valence-corrected chi connectivity index (χ3v) is 5.53. The highest BCUT2D eigenvalue weighted by molar-refractivity contribution is 5.26. The molecule has 6 heteroatoms. The summed E-state index contributed by atoms with van der Waals surface area (Å²) in [7, 11) is 0. The molecule has 2 heterocycles. The van der Waals surface area contributed by atoms with E-state index in [1.807, 2.05) is 12.3 Å². The normalized spacial score (nSPS) is 28.5. The molecule has 0 spiro atoms. The van der Waals surface area contributed by atoms with Gasteiger partial charge in [-0.15, -0.1) is 0 Å². The van der Waals surface area contributed by atoms with Crippen molar-refractivity contribution in [2.45, 2.75) is 31.6 Å². The van der Waals surface area contributed by atoms with Crippen LogP contribution in [0.5, 0.6) is 5.75 Å². The molecule has 1 aliphatic carbocycles. The molecule has 0 radical (unpaired) electrons. The van der Waals surface area contributed by atoms with Gasteiger partial charge in [-0.2, -0.15) is 5.26 Å². The number of aliphatic hydroxyl groups is 1. The van der Waals surface area contributed by atoms with Crippen molar-refractivity contribution >= 4 is 0 Å². The van der Waals surface area contributed by atoms with E-state index in [4.69, 9.17) is 10.00 Å². The number of fused-ring (bicyclic) bond motifs is 1. The molecular weight excluding hydrogens is 333 g/mol. The average Bonchev–Trinajstić information content (AvgIpc) is 3.23. The second-order valence-corrected chi connectivity index (χ2v) is 7.40. The summed E-state index contributed by atoms with van der Waals surface area (Å²) in [6.07, 6.45) is 2.66. The first-order chi connectivity index (χ1) is 12.6. The Bertz CT molecular complexity index is 798. The number of aromatic amines is 1. The molecule has 4 atom stereocenters. The van der Waals surface area contributed by atoms with E-state index in [1.165, 1.54) is 12.1 Å². The fourth-order valence-electron chi connectivity index (χ4n) is 4.28. The first-order valence-corrected chi connectivity index (χ1v) is 9.01. The third-order valence-electron chi connectivity index (χ3n) is 5.53. The van der Waals surface area contributed by atoms with Gasteiger partial charge in [-0.1, -0.05) is 0 Å². The number of benzene rings is 1. The van der Waals surface area contributed by atoms with Crippen molar-refractivity contribution in [3.8, 4) is 11.8 Å². The molecule has 1 aromatic heterocycles. The van der Waals surface area contributed by atoms with E-state index >= 15 is 0 Å². The van der Waals surface area contributed by atoms with Crippen molar-refractivity contribution in [1.82, 2.24) is 9.88 Å². The van der Waals surface area contributed by atoms with Gasteiger partial charge in [-0.25, -0.2) is 4.39 Å². The molecule has 26 heavy (non-hydrogen) atoms. The summed E-state index contributed by atoms with van der Waals surface area (Å²) in [4.78, 5) is 5.34. The lowest BCUT2D eigenvalue weighted by Crippen LogP contribution is -2.42. The summed E-state index contributed by atoms with van der Waals surface area (Å²) in [5.41, 5.74) is 1.69. The van der Waals surface area contributed by atoms with E-state index in [-0.39, 0.29) is 11.9 Å². The number of rotatable bonds is 4. The summed E-state index contributed by atoms with van der Waals surface area (Å²) in [6.45, 7) is 2.73. The van der Waals surface area contributed by atoms with Gasteiger partial charge in [0, 0.05) is 25.8 Å². The number of halogens is 1. The maximum Gasteiger partial charge on any atom is 0.125 e. The molecule has 1 aromatic carbocycles. The Balaban J connectivity index is 1.37. The molecule has 5 nitrogen and oxygen atoms in total. The van der Waals surface area contributed by atoms with Crippen LogP contribution >= 0.6 is 0 Å². The molecule has 2 N–H and O–H groups in total. The van der Waals surface area contributed by atoms with Crippen LogP contribution in [-0.2, 0) is 6.54 Å². The predicted octanol–water partition coefficient (Wildman–Crippen LogP) is 2.68. The van der Waals surface area contributed by atoms with E-state index < -0.39 is 6.10 Å². The Labute approximate surface area is 152 Å². The first-order valence-electron chi connectivity index (χ1n) is 9.01. The number of nitrogens with zero attached hydrogens (tertiary/aromatic N) is 2. The van der Waals surface area contributed by atoms with Crippen LogP contribution in [0.1, 0.15) is 24.1 Å². The fraction of sp³-hybridized carbons (Fsp3) is 0.450. The standard InChI is InChI=1S/C20H22FN3O2/c21-16-1-3-18(4-2-16)26-20-7-15-12-24(11-14(15)6-19(20)25)10-13-5-17(8-22)23-9-13/h1-5,9,14-15,19-20,23,25H,6-7,10-12H2/t14-,15+,19+,20+/m0/s1. The van der Waals surface area contributed by atoms with Crippen LogP contribution in [0.15, 0.2) is 36.5 Å². The van der Waals surface area contributed by atoms with Crippen LogP contribution in [-0.4, -0.2) is 40.3 Å². The molecule has 1 saturated carbocycles. The molecule has 0 bridgehead atoms. The number of H-pyrrole nitrogens is 1. The van der Waals surface area contributed by atoms with Gasteiger partial charge in [0.25, 0.3) is 0 Å². The van der Waals surface area contributed by atoms with E-state index in [2.05, 4.69) is 16.0 Å². The summed E-state index contributed by atoms with van der Waals surface area (Å²) in [5, 5.41) is 19.4. The molecule has 136 valence electrons. The molecule has 1 saturated heterocycles. The van der Waals surface area contributed by atoms with Gasteiger partial charge in [-0.3, -0.25) is 4.90 Å². The highest BCUT2D eigenvalue weighted by Gasteiger charge is 2.42. The number of hydrogen-bond donors (Lipinski definition) is 2. The number of likely N-dealkylation sites (tertiary alicyclic amines) is 1. The lowest BCUT2D eigenvalue weighted by Gasteiger charge is -2.35. The van der Waals surface area contributed by atoms with Crippen molar-refractivity contribution in [1.29, 1.82) is 5.26 Å². The van der Waals surface area contributed by atoms with Gasteiger partial charge < -0.3 is 14.8 Å². The molecule has 0 amide bonds. The van der Waals surface area contributed by atoms with Crippen LogP contribution in [0, 0.1) is 29.0 Å². The second-order valence-electron chi connectivity index (χ2n) is 7.40. The zero-order valence-electron chi connectivity index (χ0n) is 14.4. The second kappa shape index (κ2) is 7.10. The fourth-order valence-corrected chi connectivity index (χ4v) is 4.28. The van der Waals surface area contributed by atoms with E-state index in [1.54, 1.807) is 12.1 Å². The molecule has 0 unspecified atom stereocenters. The smallest absolute Gasteiger partial charge is 0.125 e. The SMILES string of the molecule is N#Cc1cc(CN2C[C@H]3C[C@@H](Oc4ccc(F)cc4)[C@H](O)C[C@H]3C2)c[nH]1.